The Morgan fingerprint density at radius 3 is 2.81 bits per heavy atom. The highest BCUT2D eigenvalue weighted by Crippen LogP contribution is 2.19. The largest absolute Gasteiger partial charge is 0.476 e. The molecule has 0 radical (unpaired) electrons. The number of aromatic carboxylic acids is 1. The molecule has 0 aliphatic heterocycles. The lowest BCUT2D eigenvalue weighted by Gasteiger charge is -1.96. The highest BCUT2D eigenvalue weighted by atomic mass is 35.5. The number of H-pyrrole nitrogens is 1. The second-order valence-electron chi connectivity index (χ2n) is 4.25. The molecule has 2 N–H and O–H groups in total. The molecule has 3 rings (SSSR count). The van der Waals surface area contributed by atoms with Crippen LogP contribution in [0.4, 0.5) is 0 Å². The molecule has 1 aromatic carbocycles. The van der Waals surface area contributed by atoms with Gasteiger partial charge in [0.05, 0.1) is 6.33 Å². The number of nitrogens with one attached hydrogen (secondary N) is 1. The van der Waals surface area contributed by atoms with Gasteiger partial charge in [0.25, 0.3) is 5.89 Å². The highest BCUT2D eigenvalue weighted by molar-refractivity contribution is 6.30. The first kappa shape index (κ1) is 13.3. The van der Waals surface area contributed by atoms with Crippen LogP contribution in [0.5, 0.6) is 0 Å². The van der Waals surface area contributed by atoms with Crippen LogP contribution in [-0.2, 0) is 6.42 Å². The van der Waals surface area contributed by atoms with E-state index in [1.54, 1.807) is 12.1 Å². The molecule has 7 nitrogen and oxygen atoms in total. The van der Waals surface area contributed by atoms with Crippen LogP contribution in [0.2, 0.25) is 5.02 Å². The molecule has 0 aliphatic rings. The smallest absolute Gasteiger partial charge is 0.356 e. The number of carboxylic acids is 1. The van der Waals surface area contributed by atoms with Crippen molar-refractivity contribution in [2.24, 2.45) is 0 Å². The Hall–Kier alpha value is -2.67. The number of aromatic amines is 1. The van der Waals surface area contributed by atoms with E-state index in [1.807, 2.05) is 12.1 Å². The lowest BCUT2D eigenvalue weighted by atomic mass is 10.1. The molecule has 3 aromatic rings. The number of imidazole rings is 1. The van der Waals surface area contributed by atoms with Gasteiger partial charge in [0.15, 0.2) is 11.5 Å². The molecular formula is C13H9ClN4O3. The number of carboxylic acid groups (broad SMARTS) is 1. The summed E-state index contributed by atoms with van der Waals surface area (Å²) in [7, 11) is 0. The van der Waals surface area contributed by atoms with Gasteiger partial charge in [-0.3, -0.25) is 0 Å². The Balaban J connectivity index is 1.84. The van der Waals surface area contributed by atoms with E-state index in [2.05, 4.69) is 20.1 Å². The fraction of sp³-hybridized carbons (Fsp3) is 0.0769. The Morgan fingerprint density at radius 2 is 2.10 bits per heavy atom. The van der Waals surface area contributed by atoms with Crippen molar-refractivity contribution >= 4 is 17.6 Å². The van der Waals surface area contributed by atoms with Gasteiger partial charge in [0.2, 0.25) is 0 Å². The molecule has 21 heavy (non-hydrogen) atoms. The van der Waals surface area contributed by atoms with Crippen LogP contribution in [0.15, 0.2) is 35.1 Å². The first-order valence-electron chi connectivity index (χ1n) is 5.97. The summed E-state index contributed by atoms with van der Waals surface area (Å²) in [6.07, 6.45) is 1.72. The van der Waals surface area contributed by atoms with E-state index in [-0.39, 0.29) is 17.3 Å². The lowest BCUT2D eigenvalue weighted by molar-refractivity contribution is 0.0691. The quantitative estimate of drug-likeness (QED) is 0.767. The van der Waals surface area contributed by atoms with Crippen LogP contribution in [0.1, 0.15) is 21.9 Å². The molecule has 0 saturated heterocycles. The van der Waals surface area contributed by atoms with Crippen LogP contribution in [0.3, 0.4) is 0 Å². The maximum Gasteiger partial charge on any atom is 0.356 e. The number of rotatable bonds is 4. The summed E-state index contributed by atoms with van der Waals surface area (Å²) in [5, 5.41) is 13.5. The summed E-state index contributed by atoms with van der Waals surface area (Å²) in [6.45, 7) is 0. The van der Waals surface area contributed by atoms with Gasteiger partial charge in [-0.25, -0.2) is 9.78 Å². The SMILES string of the molecule is O=C(O)c1nc[nH]c1-c1nc(Cc2ccc(Cl)cc2)no1. The molecule has 0 saturated carbocycles. The average molecular weight is 305 g/mol. The Kier molecular flexibility index (Phi) is 3.41. The number of hydrogen-bond acceptors (Lipinski definition) is 5. The summed E-state index contributed by atoms with van der Waals surface area (Å²) < 4.78 is 5.07. The molecule has 0 unspecified atom stereocenters. The van der Waals surface area contributed by atoms with Crippen molar-refractivity contribution < 1.29 is 14.4 Å². The molecule has 0 fully saturated rings. The molecule has 2 aromatic heterocycles. The monoisotopic (exact) mass is 304 g/mol. The molecule has 0 amide bonds. The van der Waals surface area contributed by atoms with Crippen LogP contribution in [-0.4, -0.2) is 31.2 Å². The summed E-state index contributed by atoms with van der Waals surface area (Å²) >= 11 is 5.82. The molecule has 0 bridgehead atoms. The molecule has 106 valence electrons. The van der Waals surface area contributed by atoms with E-state index in [1.165, 1.54) is 6.33 Å². The van der Waals surface area contributed by atoms with E-state index < -0.39 is 5.97 Å². The Bertz CT molecular complexity index is 779. The number of benzene rings is 1. The maximum absolute atomic E-state index is 11.0. The lowest BCUT2D eigenvalue weighted by Crippen LogP contribution is -1.99. The van der Waals surface area contributed by atoms with Gasteiger partial charge in [-0.15, -0.1) is 0 Å². The van der Waals surface area contributed by atoms with Gasteiger partial charge >= 0.3 is 5.97 Å². The number of hydrogen-bond donors (Lipinski definition) is 2. The second-order valence-corrected chi connectivity index (χ2v) is 4.69. The normalized spacial score (nSPS) is 10.7. The number of carbonyl (C=O) groups is 1. The van der Waals surface area contributed by atoms with E-state index in [4.69, 9.17) is 21.2 Å². The van der Waals surface area contributed by atoms with Crippen molar-refractivity contribution in [1.29, 1.82) is 0 Å². The average Bonchev–Trinajstić information content (AvgIpc) is 3.09. The van der Waals surface area contributed by atoms with Crippen molar-refractivity contribution in [3.8, 4) is 11.6 Å². The zero-order valence-electron chi connectivity index (χ0n) is 10.6. The van der Waals surface area contributed by atoms with Gasteiger partial charge in [0.1, 0.15) is 5.69 Å². The topological polar surface area (TPSA) is 105 Å². The minimum Gasteiger partial charge on any atom is -0.476 e. The van der Waals surface area contributed by atoms with E-state index in [0.29, 0.717) is 17.3 Å². The number of nitrogens with zero attached hydrogens (tertiary/aromatic N) is 3. The standard InChI is InChI=1S/C13H9ClN4O3/c14-8-3-1-7(2-4-8)5-9-17-12(21-18-9)10-11(13(19)20)16-6-15-10/h1-4,6H,5H2,(H,15,16)(H,19,20). The van der Waals surface area contributed by atoms with Gasteiger partial charge < -0.3 is 14.6 Å². The van der Waals surface area contributed by atoms with Gasteiger partial charge in [-0.05, 0) is 17.7 Å². The minimum absolute atomic E-state index is 0.0915. The van der Waals surface area contributed by atoms with Crippen molar-refractivity contribution in [3.05, 3.63) is 52.7 Å². The van der Waals surface area contributed by atoms with E-state index >= 15 is 0 Å². The fourth-order valence-electron chi connectivity index (χ4n) is 1.83. The van der Waals surface area contributed by atoms with Crippen LogP contribution < -0.4 is 0 Å². The van der Waals surface area contributed by atoms with Crippen molar-refractivity contribution in [3.63, 3.8) is 0 Å². The number of aromatic nitrogens is 4. The third kappa shape index (κ3) is 2.77. The molecule has 0 spiro atoms. The molecule has 0 aliphatic carbocycles. The predicted octanol–water partition coefficient (Wildman–Crippen LogP) is 2.40. The summed E-state index contributed by atoms with van der Waals surface area (Å²) in [4.78, 5) is 21.5. The molecular weight excluding hydrogens is 296 g/mol. The second kappa shape index (κ2) is 5.37. The minimum atomic E-state index is -1.16. The molecule has 2 heterocycles. The van der Waals surface area contributed by atoms with Crippen LogP contribution >= 0.6 is 11.6 Å². The molecule has 8 heteroatoms. The van der Waals surface area contributed by atoms with Gasteiger partial charge in [-0.2, -0.15) is 4.98 Å². The van der Waals surface area contributed by atoms with Crippen LogP contribution in [0.25, 0.3) is 11.6 Å². The first-order chi connectivity index (χ1) is 10.1. The summed E-state index contributed by atoms with van der Waals surface area (Å²) in [5.74, 6) is -0.629. The zero-order chi connectivity index (χ0) is 14.8. The first-order valence-corrected chi connectivity index (χ1v) is 6.35. The highest BCUT2D eigenvalue weighted by Gasteiger charge is 2.20. The van der Waals surface area contributed by atoms with E-state index in [9.17, 15) is 4.79 Å². The summed E-state index contributed by atoms with van der Waals surface area (Å²) in [6, 6.07) is 7.26. The van der Waals surface area contributed by atoms with Crippen molar-refractivity contribution in [1.82, 2.24) is 20.1 Å². The Labute approximate surface area is 123 Å². The molecule has 0 atom stereocenters. The summed E-state index contributed by atoms with van der Waals surface area (Å²) in [5.41, 5.74) is 1.00. The van der Waals surface area contributed by atoms with Gasteiger partial charge in [-0.1, -0.05) is 28.9 Å². The van der Waals surface area contributed by atoms with Crippen molar-refractivity contribution in [2.45, 2.75) is 6.42 Å². The van der Waals surface area contributed by atoms with E-state index in [0.717, 1.165) is 5.56 Å². The third-order valence-corrected chi connectivity index (χ3v) is 3.05. The van der Waals surface area contributed by atoms with Crippen molar-refractivity contribution in [2.75, 3.05) is 0 Å². The van der Waals surface area contributed by atoms with Crippen LogP contribution in [0, 0.1) is 0 Å². The maximum atomic E-state index is 11.0. The predicted molar refractivity (Wildman–Crippen MR) is 73.1 cm³/mol. The van der Waals surface area contributed by atoms with Gasteiger partial charge in [0, 0.05) is 11.4 Å². The third-order valence-electron chi connectivity index (χ3n) is 2.80. The fourth-order valence-corrected chi connectivity index (χ4v) is 1.96. The zero-order valence-corrected chi connectivity index (χ0v) is 11.3. The Morgan fingerprint density at radius 1 is 1.33 bits per heavy atom. The number of halogens is 1.